The molecule has 0 spiro atoms. The standard InChI is InChI=1S/C22H27NO5/c1-6-14(2)17-9-7-8-10-18(17)23-21(24)15(3)28-22(25)16-11-12-19(26-4)20(13-16)27-5/h7-15H,6H2,1-5H3,(H,23,24). The van der Waals surface area contributed by atoms with E-state index >= 15 is 0 Å². The van der Waals surface area contributed by atoms with Gasteiger partial charge in [-0.25, -0.2) is 4.79 Å². The van der Waals surface area contributed by atoms with Crippen molar-refractivity contribution in [3.63, 3.8) is 0 Å². The number of hydrogen-bond donors (Lipinski definition) is 1. The van der Waals surface area contributed by atoms with E-state index in [2.05, 4.69) is 19.2 Å². The first-order valence-electron chi connectivity index (χ1n) is 9.24. The van der Waals surface area contributed by atoms with Gasteiger partial charge in [-0.15, -0.1) is 0 Å². The number of anilines is 1. The number of rotatable bonds is 8. The molecule has 6 heteroatoms. The molecule has 0 aliphatic rings. The number of ether oxygens (including phenoxy) is 3. The molecule has 2 aromatic rings. The zero-order valence-electron chi connectivity index (χ0n) is 16.9. The normalized spacial score (nSPS) is 12.6. The first kappa shape index (κ1) is 21.3. The van der Waals surface area contributed by atoms with Crippen LogP contribution in [0.25, 0.3) is 0 Å². The fourth-order valence-electron chi connectivity index (χ4n) is 2.74. The van der Waals surface area contributed by atoms with E-state index in [0.29, 0.717) is 17.4 Å². The Labute approximate surface area is 165 Å². The topological polar surface area (TPSA) is 73.9 Å². The summed E-state index contributed by atoms with van der Waals surface area (Å²) in [5.41, 5.74) is 2.06. The molecule has 0 saturated heterocycles. The molecule has 1 amide bonds. The highest BCUT2D eigenvalue weighted by Crippen LogP contribution is 2.28. The fourth-order valence-corrected chi connectivity index (χ4v) is 2.74. The summed E-state index contributed by atoms with van der Waals surface area (Å²) in [7, 11) is 3.00. The molecule has 6 nitrogen and oxygen atoms in total. The molecule has 0 aliphatic carbocycles. The summed E-state index contributed by atoms with van der Waals surface area (Å²) in [6, 6.07) is 12.3. The monoisotopic (exact) mass is 385 g/mol. The number of methoxy groups -OCH3 is 2. The second-order valence-electron chi connectivity index (χ2n) is 6.50. The van der Waals surface area contributed by atoms with Gasteiger partial charge in [0.15, 0.2) is 17.6 Å². The van der Waals surface area contributed by atoms with Crippen LogP contribution < -0.4 is 14.8 Å². The predicted octanol–water partition coefficient (Wildman–Crippen LogP) is 4.40. The van der Waals surface area contributed by atoms with Gasteiger partial charge in [-0.3, -0.25) is 4.79 Å². The van der Waals surface area contributed by atoms with E-state index in [1.54, 1.807) is 19.1 Å². The van der Waals surface area contributed by atoms with Crippen molar-refractivity contribution in [3.05, 3.63) is 53.6 Å². The lowest BCUT2D eigenvalue weighted by atomic mass is 9.97. The third-order valence-corrected chi connectivity index (χ3v) is 4.63. The maximum atomic E-state index is 12.5. The predicted molar refractivity (Wildman–Crippen MR) is 108 cm³/mol. The summed E-state index contributed by atoms with van der Waals surface area (Å²) < 4.78 is 15.7. The van der Waals surface area contributed by atoms with Crippen LogP contribution in [0.2, 0.25) is 0 Å². The smallest absolute Gasteiger partial charge is 0.339 e. The molecule has 2 unspecified atom stereocenters. The third kappa shape index (κ3) is 5.03. The number of nitrogens with one attached hydrogen (secondary N) is 1. The zero-order valence-corrected chi connectivity index (χ0v) is 16.9. The molecule has 2 aromatic carbocycles. The quantitative estimate of drug-likeness (QED) is 0.682. The first-order valence-corrected chi connectivity index (χ1v) is 9.24. The largest absolute Gasteiger partial charge is 0.493 e. The minimum absolute atomic E-state index is 0.275. The van der Waals surface area contributed by atoms with Crippen LogP contribution in [-0.2, 0) is 9.53 Å². The number of carbonyl (C=O) groups is 2. The minimum Gasteiger partial charge on any atom is -0.493 e. The maximum Gasteiger partial charge on any atom is 0.339 e. The van der Waals surface area contributed by atoms with Gasteiger partial charge in [-0.2, -0.15) is 0 Å². The SMILES string of the molecule is CCC(C)c1ccccc1NC(=O)C(C)OC(=O)c1ccc(OC)c(OC)c1. The van der Waals surface area contributed by atoms with Crippen molar-refractivity contribution in [2.24, 2.45) is 0 Å². The van der Waals surface area contributed by atoms with Crippen LogP contribution in [0.4, 0.5) is 5.69 Å². The Balaban J connectivity index is 2.08. The van der Waals surface area contributed by atoms with Crippen molar-refractivity contribution < 1.29 is 23.8 Å². The summed E-state index contributed by atoms with van der Waals surface area (Å²) in [6.45, 7) is 5.74. The molecule has 150 valence electrons. The van der Waals surface area contributed by atoms with Gasteiger partial charge < -0.3 is 19.5 Å². The Hall–Kier alpha value is -3.02. The lowest BCUT2D eigenvalue weighted by Crippen LogP contribution is -2.30. The molecular weight excluding hydrogens is 358 g/mol. The van der Waals surface area contributed by atoms with Gasteiger partial charge in [-0.05, 0) is 49.1 Å². The fraction of sp³-hybridized carbons (Fsp3) is 0.364. The Morgan fingerprint density at radius 2 is 1.68 bits per heavy atom. The average Bonchev–Trinajstić information content (AvgIpc) is 2.72. The molecule has 0 radical (unpaired) electrons. The van der Waals surface area contributed by atoms with Crippen LogP contribution in [0.15, 0.2) is 42.5 Å². The molecule has 0 saturated carbocycles. The van der Waals surface area contributed by atoms with Gasteiger partial charge in [0, 0.05) is 5.69 Å². The van der Waals surface area contributed by atoms with Crippen molar-refractivity contribution >= 4 is 17.6 Å². The summed E-state index contributed by atoms with van der Waals surface area (Å²) in [6.07, 6.45) is 0.00192. The molecule has 2 atom stereocenters. The van der Waals surface area contributed by atoms with Crippen LogP contribution in [0.3, 0.4) is 0 Å². The Bertz CT molecular complexity index is 833. The van der Waals surface area contributed by atoms with Gasteiger partial charge >= 0.3 is 5.97 Å². The number of amides is 1. The summed E-state index contributed by atoms with van der Waals surface area (Å²) in [4.78, 5) is 24.9. The van der Waals surface area contributed by atoms with Gasteiger partial charge in [0.05, 0.1) is 19.8 Å². The van der Waals surface area contributed by atoms with Crippen LogP contribution in [-0.4, -0.2) is 32.2 Å². The maximum absolute atomic E-state index is 12.5. The molecule has 0 heterocycles. The van der Waals surface area contributed by atoms with E-state index < -0.39 is 12.1 Å². The van der Waals surface area contributed by atoms with Gasteiger partial charge in [0.25, 0.3) is 5.91 Å². The average molecular weight is 385 g/mol. The highest BCUT2D eigenvalue weighted by atomic mass is 16.5. The van der Waals surface area contributed by atoms with Crippen LogP contribution in [0.1, 0.15) is 49.0 Å². The number of esters is 1. The van der Waals surface area contributed by atoms with Crippen LogP contribution >= 0.6 is 0 Å². The van der Waals surface area contributed by atoms with Crippen molar-refractivity contribution in [2.75, 3.05) is 19.5 Å². The highest BCUT2D eigenvalue weighted by molar-refractivity contribution is 5.98. The second kappa shape index (κ2) is 9.78. The van der Waals surface area contributed by atoms with Crippen molar-refractivity contribution in [1.82, 2.24) is 0 Å². The van der Waals surface area contributed by atoms with E-state index in [1.165, 1.54) is 20.3 Å². The van der Waals surface area contributed by atoms with Gasteiger partial charge in [0.2, 0.25) is 0 Å². The molecular formula is C22H27NO5. The molecule has 1 N–H and O–H groups in total. The van der Waals surface area contributed by atoms with E-state index in [4.69, 9.17) is 14.2 Å². The summed E-state index contributed by atoms with van der Waals surface area (Å²) in [5.74, 6) is 0.229. The second-order valence-corrected chi connectivity index (χ2v) is 6.50. The van der Waals surface area contributed by atoms with Crippen molar-refractivity contribution in [3.8, 4) is 11.5 Å². The van der Waals surface area contributed by atoms with E-state index in [9.17, 15) is 9.59 Å². The molecule has 0 bridgehead atoms. The number of para-hydroxylation sites is 1. The molecule has 0 aliphatic heterocycles. The summed E-state index contributed by atoms with van der Waals surface area (Å²) >= 11 is 0. The van der Waals surface area contributed by atoms with Crippen molar-refractivity contribution in [2.45, 2.75) is 39.2 Å². The van der Waals surface area contributed by atoms with Crippen LogP contribution in [0.5, 0.6) is 11.5 Å². The lowest BCUT2D eigenvalue weighted by molar-refractivity contribution is -0.123. The minimum atomic E-state index is -0.953. The van der Waals surface area contributed by atoms with E-state index in [0.717, 1.165) is 17.7 Å². The Kier molecular flexibility index (Phi) is 7.44. The molecule has 2 rings (SSSR count). The number of benzene rings is 2. The highest BCUT2D eigenvalue weighted by Gasteiger charge is 2.21. The molecule has 0 fully saturated rings. The zero-order chi connectivity index (χ0) is 20.7. The Morgan fingerprint density at radius 1 is 1.00 bits per heavy atom. The number of carbonyl (C=O) groups excluding carboxylic acids is 2. The number of hydrogen-bond acceptors (Lipinski definition) is 5. The van der Waals surface area contributed by atoms with Crippen LogP contribution in [0, 0.1) is 0 Å². The van der Waals surface area contributed by atoms with Gasteiger partial charge in [-0.1, -0.05) is 32.0 Å². The third-order valence-electron chi connectivity index (χ3n) is 4.63. The summed E-state index contributed by atoms with van der Waals surface area (Å²) in [5, 5.41) is 2.86. The van der Waals surface area contributed by atoms with E-state index in [1.807, 2.05) is 24.3 Å². The van der Waals surface area contributed by atoms with E-state index in [-0.39, 0.29) is 11.5 Å². The lowest BCUT2D eigenvalue weighted by Gasteiger charge is -2.18. The molecule has 0 aromatic heterocycles. The van der Waals surface area contributed by atoms with Crippen molar-refractivity contribution in [1.29, 1.82) is 0 Å². The van der Waals surface area contributed by atoms with Gasteiger partial charge in [0.1, 0.15) is 0 Å². The Morgan fingerprint density at radius 3 is 2.32 bits per heavy atom. The first-order chi connectivity index (χ1) is 13.4. The molecule has 28 heavy (non-hydrogen) atoms.